The van der Waals surface area contributed by atoms with Crippen LogP contribution in [-0.2, 0) is 19.4 Å². The highest BCUT2D eigenvalue weighted by Crippen LogP contribution is 2.35. The number of aromatic nitrogens is 2. The van der Waals surface area contributed by atoms with Gasteiger partial charge in [0.05, 0.1) is 19.0 Å². The molecule has 2 aliphatic rings. The van der Waals surface area contributed by atoms with Crippen molar-refractivity contribution in [3.05, 3.63) is 50.9 Å². The summed E-state index contributed by atoms with van der Waals surface area (Å²) >= 11 is 1.73. The van der Waals surface area contributed by atoms with Crippen molar-refractivity contribution in [1.29, 1.82) is 0 Å². The van der Waals surface area contributed by atoms with Gasteiger partial charge in [-0.1, -0.05) is 6.92 Å². The zero-order valence-corrected chi connectivity index (χ0v) is 18.4. The minimum atomic E-state index is 0.0407. The van der Waals surface area contributed by atoms with Crippen molar-refractivity contribution in [3.8, 4) is 5.75 Å². The zero-order valence-electron chi connectivity index (χ0n) is 17.6. The monoisotopic (exact) mass is 424 g/mol. The van der Waals surface area contributed by atoms with E-state index in [1.165, 1.54) is 22.5 Å². The Hall–Kier alpha value is -2.38. The molecule has 0 radical (unpaired) electrons. The van der Waals surface area contributed by atoms with E-state index in [1.54, 1.807) is 18.4 Å². The van der Waals surface area contributed by atoms with Crippen LogP contribution in [0.4, 0.5) is 5.69 Å². The SMILES string of the molecule is COc1ccc(N2CCN(Cc3nc4sc5c(c4c(=O)[nH]3)CC[C@@H](C)C5)CC2)cc1. The van der Waals surface area contributed by atoms with E-state index < -0.39 is 0 Å². The first-order valence-electron chi connectivity index (χ1n) is 10.8. The van der Waals surface area contributed by atoms with E-state index in [0.29, 0.717) is 12.5 Å². The molecule has 1 aliphatic heterocycles. The summed E-state index contributed by atoms with van der Waals surface area (Å²) in [6, 6.07) is 8.24. The molecule has 0 unspecified atom stereocenters. The molecule has 3 aromatic rings. The van der Waals surface area contributed by atoms with Crippen molar-refractivity contribution in [1.82, 2.24) is 14.9 Å². The number of ether oxygens (including phenoxy) is 1. The highest BCUT2D eigenvalue weighted by molar-refractivity contribution is 7.18. The third-order valence-electron chi connectivity index (χ3n) is 6.40. The fourth-order valence-electron chi connectivity index (χ4n) is 4.64. The van der Waals surface area contributed by atoms with E-state index in [9.17, 15) is 4.79 Å². The molecule has 0 amide bonds. The highest BCUT2D eigenvalue weighted by Gasteiger charge is 2.24. The van der Waals surface area contributed by atoms with Crippen LogP contribution in [0.15, 0.2) is 29.1 Å². The number of piperazine rings is 1. The lowest BCUT2D eigenvalue weighted by Crippen LogP contribution is -2.46. The largest absolute Gasteiger partial charge is 0.497 e. The van der Waals surface area contributed by atoms with Gasteiger partial charge >= 0.3 is 0 Å². The number of nitrogens with one attached hydrogen (secondary N) is 1. The number of anilines is 1. The Morgan fingerprint density at radius 3 is 2.70 bits per heavy atom. The maximum absolute atomic E-state index is 12.8. The maximum atomic E-state index is 12.8. The first kappa shape index (κ1) is 19.6. The molecule has 0 saturated carbocycles. The Morgan fingerprint density at radius 2 is 1.97 bits per heavy atom. The average molecular weight is 425 g/mol. The molecule has 2 aromatic heterocycles. The molecule has 0 bridgehead atoms. The Morgan fingerprint density at radius 1 is 1.20 bits per heavy atom. The molecule has 1 fully saturated rings. The molecule has 1 N–H and O–H groups in total. The number of nitrogens with zero attached hydrogens (tertiary/aromatic N) is 3. The summed E-state index contributed by atoms with van der Waals surface area (Å²) in [5.74, 6) is 2.37. The van der Waals surface area contributed by atoms with Crippen LogP contribution < -0.4 is 15.2 Å². The summed E-state index contributed by atoms with van der Waals surface area (Å²) in [7, 11) is 1.69. The molecule has 1 aromatic carbocycles. The lowest BCUT2D eigenvalue weighted by atomic mass is 9.89. The number of aromatic amines is 1. The van der Waals surface area contributed by atoms with E-state index in [4.69, 9.17) is 9.72 Å². The standard InChI is InChI=1S/C23H28N4O2S/c1-15-3-8-18-19(13-15)30-23-21(18)22(28)24-20(25-23)14-26-9-11-27(12-10-26)16-4-6-17(29-2)7-5-16/h4-7,15H,3,8-14H2,1-2H3,(H,24,25,28)/t15-/m1/s1. The van der Waals surface area contributed by atoms with Gasteiger partial charge in [0, 0.05) is 36.7 Å². The maximum Gasteiger partial charge on any atom is 0.259 e. The first-order valence-corrected chi connectivity index (χ1v) is 11.6. The predicted molar refractivity (Wildman–Crippen MR) is 122 cm³/mol. The molecule has 5 rings (SSSR count). The number of H-pyrrole nitrogens is 1. The van der Waals surface area contributed by atoms with Gasteiger partial charge in [-0.15, -0.1) is 11.3 Å². The molecule has 7 heteroatoms. The van der Waals surface area contributed by atoms with E-state index in [0.717, 1.165) is 60.8 Å². The van der Waals surface area contributed by atoms with Gasteiger partial charge in [0.25, 0.3) is 5.56 Å². The number of benzene rings is 1. The summed E-state index contributed by atoms with van der Waals surface area (Å²) < 4.78 is 5.25. The quantitative estimate of drug-likeness (QED) is 0.695. The Bertz CT molecular complexity index is 1100. The summed E-state index contributed by atoms with van der Waals surface area (Å²) in [6.45, 7) is 6.81. The highest BCUT2D eigenvalue weighted by atomic mass is 32.1. The van der Waals surface area contributed by atoms with Gasteiger partial charge in [0.1, 0.15) is 16.4 Å². The molecule has 0 spiro atoms. The van der Waals surface area contributed by atoms with Gasteiger partial charge in [-0.05, 0) is 55.0 Å². The molecule has 158 valence electrons. The number of hydrogen-bond acceptors (Lipinski definition) is 6. The van der Waals surface area contributed by atoms with Crippen molar-refractivity contribution >= 4 is 27.2 Å². The van der Waals surface area contributed by atoms with Crippen molar-refractivity contribution < 1.29 is 4.74 Å². The molecule has 1 saturated heterocycles. The summed E-state index contributed by atoms with van der Waals surface area (Å²) in [6.07, 6.45) is 3.25. The van der Waals surface area contributed by atoms with Crippen LogP contribution in [0.5, 0.6) is 5.75 Å². The Balaban J connectivity index is 1.28. The van der Waals surface area contributed by atoms with Crippen molar-refractivity contribution in [2.24, 2.45) is 5.92 Å². The van der Waals surface area contributed by atoms with Crippen LogP contribution in [0.1, 0.15) is 29.6 Å². The van der Waals surface area contributed by atoms with Crippen LogP contribution in [0.3, 0.4) is 0 Å². The second-order valence-electron chi connectivity index (χ2n) is 8.51. The molecule has 1 atom stereocenters. The summed E-state index contributed by atoms with van der Waals surface area (Å²) in [4.78, 5) is 27.8. The third-order valence-corrected chi connectivity index (χ3v) is 7.55. The molecule has 6 nitrogen and oxygen atoms in total. The minimum absolute atomic E-state index is 0.0407. The van der Waals surface area contributed by atoms with Crippen LogP contribution in [0.25, 0.3) is 10.2 Å². The van der Waals surface area contributed by atoms with Gasteiger partial charge in [-0.25, -0.2) is 4.98 Å². The Labute approximate surface area is 180 Å². The number of aryl methyl sites for hydroxylation is 1. The molecular formula is C23H28N4O2S. The zero-order chi connectivity index (χ0) is 20.7. The third kappa shape index (κ3) is 3.72. The summed E-state index contributed by atoms with van der Waals surface area (Å²) in [5, 5.41) is 0.843. The van der Waals surface area contributed by atoms with Gasteiger partial charge in [0.15, 0.2) is 0 Å². The van der Waals surface area contributed by atoms with Crippen molar-refractivity contribution in [2.75, 3.05) is 38.2 Å². The van der Waals surface area contributed by atoms with Crippen molar-refractivity contribution in [3.63, 3.8) is 0 Å². The fourth-order valence-corrected chi connectivity index (χ4v) is 6.04. The molecule has 30 heavy (non-hydrogen) atoms. The number of methoxy groups -OCH3 is 1. The van der Waals surface area contributed by atoms with Crippen LogP contribution in [0.2, 0.25) is 0 Å². The Kier molecular flexibility index (Phi) is 5.25. The van der Waals surface area contributed by atoms with E-state index >= 15 is 0 Å². The van der Waals surface area contributed by atoms with Crippen LogP contribution in [-0.4, -0.2) is 48.2 Å². The number of rotatable bonds is 4. The molecule has 3 heterocycles. The fraction of sp³-hybridized carbons (Fsp3) is 0.478. The average Bonchev–Trinajstić information content (AvgIpc) is 3.12. The van der Waals surface area contributed by atoms with E-state index in [2.05, 4.69) is 33.8 Å². The summed E-state index contributed by atoms with van der Waals surface area (Å²) in [5.41, 5.74) is 2.52. The number of hydrogen-bond donors (Lipinski definition) is 1. The van der Waals surface area contributed by atoms with Gasteiger partial charge in [-0.2, -0.15) is 0 Å². The lowest BCUT2D eigenvalue weighted by molar-refractivity contribution is 0.244. The van der Waals surface area contributed by atoms with E-state index in [-0.39, 0.29) is 5.56 Å². The van der Waals surface area contributed by atoms with Crippen molar-refractivity contribution in [2.45, 2.75) is 32.7 Å². The second-order valence-corrected chi connectivity index (χ2v) is 9.59. The predicted octanol–water partition coefficient (Wildman–Crippen LogP) is 3.44. The number of thiophene rings is 1. The number of fused-ring (bicyclic) bond motifs is 3. The smallest absolute Gasteiger partial charge is 0.259 e. The molecular weight excluding hydrogens is 396 g/mol. The lowest BCUT2D eigenvalue weighted by Gasteiger charge is -2.35. The second kappa shape index (κ2) is 8.04. The van der Waals surface area contributed by atoms with E-state index in [1.807, 2.05) is 12.1 Å². The van der Waals surface area contributed by atoms with Crippen LogP contribution >= 0.6 is 11.3 Å². The van der Waals surface area contributed by atoms with Gasteiger partial charge in [0.2, 0.25) is 0 Å². The normalized spacial score (nSPS) is 19.8. The van der Waals surface area contributed by atoms with Gasteiger partial charge < -0.3 is 14.6 Å². The topological polar surface area (TPSA) is 61.5 Å². The molecule has 1 aliphatic carbocycles. The van der Waals surface area contributed by atoms with Crippen LogP contribution in [0, 0.1) is 5.92 Å². The van der Waals surface area contributed by atoms with Gasteiger partial charge in [-0.3, -0.25) is 9.69 Å². The minimum Gasteiger partial charge on any atom is -0.497 e. The first-order chi connectivity index (χ1) is 14.6.